The molecule has 1 heterocycles. The Labute approximate surface area is 235 Å². The third kappa shape index (κ3) is 5.45. The van der Waals surface area contributed by atoms with Crippen LogP contribution in [-0.4, -0.2) is 10.9 Å². The van der Waals surface area contributed by atoms with Crippen LogP contribution in [0.4, 0.5) is 5.69 Å². The van der Waals surface area contributed by atoms with Crippen LogP contribution in [0.25, 0.3) is 22.2 Å². The Balaban J connectivity index is 1.54. The van der Waals surface area contributed by atoms with Crippen LogP contribution in [0, 0.1) is 20.8 Å². The predicted molar refractivity (Wildman–Crippen MR) is 159 cm³/mol. The first-order valence-corrected chi connectivity index (χ1v) is 13.4. The van der Waals surface area contributed by atoms with Gasteiger partial charge < -0.3 is 10.1 Å². The number of hydrogen-bond donors (Lipinski definition) is 1. The van der Waals surface area contributed by atoms with Gasteiger partial charge in [0.25, 0.3) is 5.91 Å². The number of fused-ring (bicyclic) bond motifs is 1. The number of rotatable bonds is 6. The minimum Gasteiger partial charge on any atom is -0.489 e. The third-order valence-electron chi connectivity index (χ3n) is 6.45. The molecule has 38 heavy (non-hydrogen) atoms. The van der Waals surface area contributed by atoms with Crippen molar-refractivity contribution >= 4 is 50.0 Å². The lowest BCUT2D eigenvalue weighted by atomic mass is 9.94. The van der Waals surface area contributed by atoms with Crippen LogP contribution in [0.1, 0.15) is 32.6 Å². The molecule has 1 amide bonds. The maximum absolute atomic E-state index is 13.7. The molecule has 0 bridgehead atoms. The van der Waals surface area contributed by atoms with Gasteiger partial charge in [0.15, 0.2) is 0 Å². The topological polar surface area (TPSA) is 51.2 Å². The normalized spacial score (nSPS) is 11.0. The number of ether oxygens (including phenoxy) is 1. The molecule has 1 aromatic heterocycles. The Kier molecular flexibility index (Phi) is 7.50. The van der Waals surface area contributed by atoms with E-state index in [1.165, 1.54) is 0 Å². The van der Waals surface area contributed by atoms with E-state index in [1.807, 2.05) is 87.5 Å². The predicted octanol–water partition coefficient (Wildman–Crippen LogP) is 9.07. The molecule has 0 spiro atoms. The van der Waals surface area contributed by atoms with Crippen molar-refractivity contribution in [3.63, 3.8) is 0 Å². The van der Waals surface area contributed by atoms with Gasteiger partial charge in [-0.2, -0.15) is 0 Å². The molecular formula is C32H26BrClN2O2. The highest BCUT2D eigenvalue weighted by Crippen LogP contribution is 2.34. The molecule has 0 saturated heterocycles. The first kappa shape index (κ1) is 26.0. The number of pyridine rings is 1. The summed E-state index contributed by atoms with van der Waals surface area (Å²) >= 11 is 9.82. The number of aryl methyl sites for hydroxylation is 2. The summed E-state index contributed by atoms with van der Waals surface area (Å²) in [7, 11) is 0. The Morgan fingerprint density at radius 3 is 2.39 bits per heavy atom. The highest BCUT2D eigenvalue weighted by Gasteiger charge is 2.21. The van der Waals surface area contributed by atoms with Crippen molar-refractivity contribution in [3.8, 4) is 17.0 Å². The number of nitrogens with one attached hydrogen (secondary N) is 1. The fraction of sp³-hybridized carbons (Fsp3) is 0.125. The molecule has 4 nitrogen and oxygen atoms in total. The monoisotopic (exact) mass is 584 g/mol. The van der Waals surface area contributed by atoms with E-state index in [9.17, 15) is 4.79 Å². The molecule has 0 atom stereocenters. The van der Waals surface area contributed by atoms with Crippen molar-refractivity contribution < 1.29 is 9.53 Å². The second kappa shape index (κ2) is 11.0. The Morgan fingerprint density at radius 1 is 0.947 bits per heavy atom. The summed E-state index contributed by atoms with van der Waals surface area (Å²) in [4.78, 5) is 18.8. The van der Waals surface area contributed by atoms with Gasteiger partial charge in [0.05, 0.1) is 27.5 Å². The summed E-state index contributed by atoms with van der Waals surface area (Å²) in [5.74, 6) is 0.541. The number of carbonyl (C=O) groups excluding carboxylic acids is 1. The van der Waals surface area contributed by atoms with Crippen LogP contribution in [0.2, 0.25) is 5.02 Å². The fourth-order valence-electron chi connectivity index (χ4n) is 4.61. The zero-order valence-electron chi connectivity index (χ0n) is 21.3. The average molecular weight is 586 g/mol. The molecule has 190 valence electrons. The molecule has 0 aliphatic rings. The maximum Gasteiger partial charge on any atom is 0.256 e. The zero-order valence-corrected chi connectivity index (χ0v) is 23.7. The molecule has 0 fully saturated rings. The first-order chi connectivity index (χ1) is 18.3. The van der Waals surface area contributed by atoms with Gasteiger partial charge in [0, 0.05) is 15.4 Å². The molecule has 5 aromatic rings. The van der Waals surface area contributed by atoms with E-state index in [2.05, 4.69) is 27.3 Å². The van der Waals surface area contributed by atoms with Gasteiger partial charge in [-0.05, 0) is 86.0 Å². The summed E-state index contributed by atoms with van der Waals surface area (Å²) < 4.78 is 6.81. The molecule has 0 radical (unpaired) electrons. The number of nitrogens with zero attached hydrogens (tertiary/aromatic N) is 1. The highest BCUT2D eigenvalue weighted by atomic mass is 79.9. The van der Waals surface area contributed by atoms with Crippen molar-refractivity contribution in [1.82, 2.24) is 4.98 Å². The summed E-state index contributed by atoms with van der Waals surface area (Å²) in [5, 5.41) is 4.28. The van der Waals surface area contributed by atoms with E-state index in [4.69, 9.17) is 21.3 Å². The second-order valence-corrected chi connectivity index (χ2v) is 10.6. The average Bonchev–Trinajstić information content (AvgIpc) is 2.89. The standard InChI is InChI=1S/C32H26BrClN2O2/c1-19-15-20(2)30-26(16-19)29(32(37)35-28-14-11-24(33)17-27(28)34)21(3)31(36-30)23-9-12-25(13-10-23)38-18-22-7-5-4-6-8-22/h4-17H,18H2,1-3H3,(H,35,37). The summed E-state index contributed by atoms with van der Waals surface area (Å²) in [6, 6.07) is 27.4. The quantitative estimate of drug-likeness (QED) is 0.216. The molecule has 0 saturated carbocycles. The van der Waals surface area contributed by atoms with Crippen molar-refractivity contribution in [1.29, 1.82) is 0 Å². The van der Waals surface area contributed by atoms with Gasteiger partial charge >= 0.3 is 0 Å². The van der Waals surface area contributed by atoms with Crippen molar-refractivity contribution in [2.75, 3.05) is 5.32 Å². The Morgan fingerprint density at radius 2 is 1.68 bits per heavy atom. The van der Waals surface area contributed by atoms with E-state index >= 15 is 0 Å². The molecular weight excluding hydrogens is 560 g/mol. The molecule has 6 heteroatoms. The SMILES string of the molecule is Cc1cc(C)c2nc(-c3ccc(OCc4ccccc4)cc3)c(C)c(C(=O)Nc3ccc(Br)cc3Cl)c2c1. The van der Waals surface area contributed by atoms with E-state index in [0.29, 0.717) is 22.9 Å². The highest BCUT2D eigenvalue weighted by molar-refractivity contribution is 9.10. The van der Waals surface area contributed by atoms with Gasteiger partial charge in [-0.25, -0.2) is 4.98 Å². The van der Waals surface area contributed by atoms with Crippen LogP contribution in [0.5, 0.6) is 5.75 Å². The molecule has 5 rings (SSSR count). The minimum atomic E-state index is -0.229. The van der Waals surface area contributed by atoms with Crippen LogP contribution < -0.4 is 10.1 Å². The van der Waals surface area contributed by atoms with E-state index < -0.39 is 0 Å². The minimum absolute atomic E-state index is 0.229. The largest absolute Gasteiger partial charge is 0.489 e. The molecule has 4 aromatic carbocycles. The van der Waals surface area contributed by atoms with Gasteiger partial charge in [0.1, 0.15) is 12.4 Å². The van der Waals surface area contributed by atoms with Crippen molar-refractivity contribution in [2.24, 2.45) is 0 Å². The third-order valence-corrected chi connectivity index (χ3v) is 7.26. The van der Waals surface area contributed by atoms with Crippen LogP contribution in [0.15, 0.2) is 89.4 Å². The van der Waals surface area contributed by atoms with Crippen molar-refractivity contribution in [3.05, 3.63) is 122 Å². The smallest absolute Gasteiger partial charge is 0.256 e. The Bertz CT molecular complexity index is 1650. The van der Waals surface area contributed by atoms with Gasteiger partial charge in [0.2, 0.25) is 0 Å². The van der Waals surface area contributed by atoms with Crippen LogP contribution >= 0.6 is 27.5 Å². The van der Waals surface area contributed by atoms with Crippen LogP contribution in [-0.2, 0) is 6.61 Å². The number of halogens is 2. The number of hydrogen-bond acceptors (Lipinski definition) is 3. The lowest BCUT2D eigenvalue weighted by molar-refractivity contribution is 0.102. The Hall–Kier alpha value is -3.67. The summed E-state index contributed by atoms with van der Waals surface area (Å²) in [6.45, 7) is 6.48. The molecule has 1 N–H and O–H groups in total. The van der Waals surface area contributed by atoms with Gasteiger partial charge in [-0.15, -0.1) is 0 Å². The summed E-state index contributed by atoms with van der Waals surface area (Å²) in [6.07, 6.45) is 0. The molecule has 0 aliphatic heterocycles. The molecule has 0 aliphatic carbocycles. The first-order valence-electron chi connectivity index (χ1n) is 12.3. The second-order valence-electron chi connectivity index (χ2n) is 9.32. The maximum atomic E-state index is 13.7. The van der Waals surface area contributed by atoms with Crippen LogP contribution in [0.3, 0.4) is 0 Å². The number of aromatic nitrogens is 1. The number of carbonyl (C=O) groups is 1. The zero-order chi connectivity index (χ0) is 26.8. The van der Waals surface area contributed by atoms with Crippen molar-refractivity contribution in [2.45, 2.75) is 27.4 Å². The van der Waals surface area contributed by atoms with E-state index in [-0.39, 0.29) is 5.91 Å². The molecule has 0 unspecified atom stereocenters. The number of anilines is 1. The van der Waals surface area contributed by atoms with Gasteiger partial charge in [-0.1, -0.05) is 69.5 Å². The van der Waals surface area contributed by atoms with Gasteiger partial charge in [-0.3, -0.25) is 4.79 Å². The van der Waals surface area contributed by atoms with E-state index in [1.54, 1.807) is 12.1 Å². The lowest BCUT2D eigenvalue weighted by Gasteiger charge is -2.17. The number of amides is 1. The summed E-state index contributed by atoms with van der Waals surface area (Å²) in [5.41, 5.74) is 7.59. The lowest BCUT2D eigenvalue weighted by Crippen LogP contribution is -2.16. The van der Waals surface area contributed by atoms with E-state index in [0.717, 1.165) is 54.6 Å². The number of benzene rings is 4. The fourth-order valence-corrected chi connectivity index (χ4v) is 5.33.